The standard InChI is InChI=1S/Al.4ClH.Sn.H/h;4*1H;;/q+3;;;;;+1;/p-4. The average molecular weight is 289 g/mol. The van der Waals surface area contributed by atoms with Gasteiger partial charge in [-0.25, -0.2) is 30.1 Å². The molecule has 0 aromatic rings. The summed E-state index contributed by atoms with van der Waals surface area (Å²) in [6.45, 7) is 0. The minimum atomic E-state index is -1.72. The first-order valence-electron chi connectivity index (χ1n) is 0.873. The van der Waals surface area contributed by atoms with Crippen LogP contribution in [0.4, 0.5) is 0 Å². The Morgan fingerprint density at radius 3 is 1.00 bits per heavy atom. The quantitative estimate of drug-likeness (QED) is 0.596. The Labute approximate surface area is 70.9 Å². The Balaban J connectivity index is 0. The zero-order valence-corrected chi connectivity index (χ0v) is 10.1. The van der Waals surface area contributed by atoms with Crippen molar-refractivity contribution >= 4 is 71.9 Å². The Morgan fingerprint density at radius 1 is 1.00 bits per heavy atom. The van der Waals surface area contributed by atoms with Crippen LogP contribution in [0.15, 0.2) is 0 Å². The van der Waals surface area contributed by atoms with Crippen LogP contribution in [0, 0.1) is 0 Å². The molecule has 0 aliphatic heterocycles. The third-order valence-electron chi connectivity index (χ3n) is 0. The van der Waals surface area contributed by atoms with Gasteiger partial charge < -0.3 is 0 Å². The maximum atomic E-state index is 4.94. The van der Waals surface area contributed by atoms with Gasteiger partial charge in [0.25, 0.3) is 0 Å². The fourth-order valence-electron chi connectivity index (χ4n) is 0. The van der Waals surface area contributed by atoms with Crippen molar-refractivity contribution in [2.45, 2.75) is 0 Å². The van der Waals surface area contributed by atoms with E-state index in [0.717, 1.165) is 21.4 Å². The van der Waals surface area contributed by atoms with Gasteiger partial charge >= 0.3 is 41.7 Å². The molecule has 0 aliphatic carbocycles. The van der Waals surface area contributed by atoms with Crippen LogP contribution < -0.4 is 0 Å². The summed E-state index contributed by atoms with van der Waals surface area (Å²) in [6, 6.07) is 0. The molecule has 0 nitrogen and oxygen atoms in total. The second-order valence-corrected chi connectivity index (χ2v) is 6.68. The Morgan fingerprint density at radius 2 is 1.00 bits per heavy atom. The van der Waals surface area contributed by atoms with Crippen molar-refractivity contribution in [3.05, 3.63) is 0 Å². The molecule has 0 aromatic heterocycles. The molecule has 6 heavy (non-hydrogen) atoms. The van der Waals surface area contributed by atoms with Gasteiger partial charge in [0.15, 0.2) is 0 Å². The van der Waals surface area contributed by atoms with Crippen LogP contribution in [0.25, 0.3) is 0 Å². The first-order chi connectivity index (χ1) is 2.73. The molecule has 0 aromatic carbocycles. The molecule has 0 spiro atoms. The van der Waals surface area contributed by atoms with Gasteiger partial charge in [-0.15, -0.1) is 0 Å². The molecule has 6 heteroatoms. The summed E-state index contributed by atoms with van der Waals surface area (Å²) >= 11 is -0.900. The van der Waals surface area contributed by atoms with E-state index >= 15 is 0 Å². The molecule has 0 fully saturated rings. The SMILES string of the molecule is [Cl][Al]([Cl])[Cl].[Cl][SnH]. The predicted octanol–water partition coefficient (Wildman–Crippen LogP) is 1.73. The summed E-state index contributed by atoms with van der Waals surface area (Å²) < 4.78 is 0. The van der Waals surface area contributed by atoms with Gasteiger partial charge in [0.2, 0.25) is 0 Å². The number of rotatable bonds is 0. The van der Waals surface area contributed by atoms with Crippen LogP contribution >= 0.6 is 39.1 Å². The summed E-state index contributed by atoms with van der Waals surface area (Å²) in [4.78, 5) is 0. The van der Waals surface area contributed by atoms with Crippen molar-refractivity contribution in [3.8, 4) is 0 Å². The van der Waals surface area contributed by atoms with Crippen molar-refractivity contribution in [1.29, 1.82) is 0 Å². The van der Waals surface area contributed by atoms with E-state index in [4.69, 9.17) is 39.1 Å². The first kappa shape index (κ1) is 11.3. The third-order valence-corrected chi connectivity index (χ3v) is 0. The van der Waals surface area contributed by atoms with E-state index < -0.39 is 11.4 Å². The van der Waals surface area contributed by atoms with E-state index in [1.165, 1.54) is 0 Å². The molecule has 0 rings (SSSR count). The second kappa shape index (κ2) is 10.5. The van der Waals surface area contributed by atoms with Crippen LogP contribution in [-0.4, -0.2) is 32.8 Å². The van der Waals surface area contributed by atoms with E-state index in [0.29, 0.717) is 0 Å². The molecule has 0 heterocycles. The molecule has 0 saturated carbocycles. The Kier molecular flexibility index (Phi) is 19.7. The van der Waals surface area contributed by atoms with E-state index in [-0.39, 0.29) is 0 Å². The van der Waals surface area contributed by atoms with Crippen molar-refractivity contribution in [2.24, 2.45) is 0 Å². The zero-order valence-electron chi connectivity index (χ0n) is 2.67. The van der Waals surface area contributed by atoms with Gasteiger partial charge in [0, 0.05) is 0 Å². The van der Waals surface area contributed by atoms with Gasteiger partial charge in [-0.2, -0.15) is 0 Å². The summed E-state index contributed by atoms with van der Waals surface area (Å²) in [6.07, 6.45) is 0. The average Bonchev–Trinajstić information content (AvgIpc) is 1.41. The van der Waals surface area contributed by atoms with E-state index in [1.54, 1.807) is 0 Å². The van der Waals surface area contributed by atoms with Crippen molar-refractivity contribution in [2.75, 3.05) is 0 Å². The molecule has 0 atom stereocenters. The van der Waals surface area contributed by atoms with Crippen LogP contribution in [0.1, 0.15) is 0 Å². The third kappa shape index (κ3) is 31.5. The van der Waals surface area contributed by atoms with Gasteiger partial charge in [0.1, 0.15) is 0 Å². The number of hydrogen-bond acceptors (Lipinski definition) is 0. The fourth-order valence-corrected chi connectivity index (χ4v) is 0. The molecule has 2 radical (unpaired) electrons. The van der Waals surface area contributed by atoms with Gasteiger partial charge in [0.05, 0.1) is 0 Å². The summed E-state index contributed by atoms with van der Waals surface area (Å²) in [7, 11) is 19.6. The van der Waals surface area contributed by atoms with E-state index in [9.17, 15) is 0 Å². The molecule has 0 aliphatic rings. The molecule has 0 unspecified atom stereocenters. The molecular formula is HAlCl4Sn. The van der Waals surface area contributed by atoms with E-state index in [1.807, 2.05) is 0 Å². The van der Waals surface area contributed by atoms with E-state index in [2.05, 4.69) is 0 Å². The topological polar surface area (TPSA) is 0 Å². The Bertz CT molecular complexity index is 12.3. The molecule has 0 saturated heterocycles. The zero-order chi connectivity index (χ0) is 5.58. The van der Waals surface area contributed by atoms with Gasteiger partial charge in [-0.3, -0.25) is 0 Å². The number of halogens is 4. The summed E-state index contributed by atoms with van der Waals surface area (Å²) in [5, 5.41) is 0. The van der Waals surface area contributed by atoms with Crippen LogP contribution in [0.2, 0.25) is 0 Å². The molecule has 0 bridgehead atoms. The van der Waals surface area contributed by atoms with Gasteiger partial charge in [-0.05, 0) is 0 Å². The van der Waals surface area contributed by atoms with Crippen molar-refractivity contribution in [3.63, 3.8) is 0 Å². The van der Waals surface area contributed by atoms with Crippen molar-refractivity contribution in [1.82, 2.24) is 0 Å². The van der Waals surface area contributed by atoms with Crippen LogP contribution in [0.5, 0.6) is 0 Å². The summed E-state index contributed by atoms with van der Waals surface area (Å²) in [5.74, 6) is 0. The minimum absolute atomic E-state index is 0.822. The second-order valence-electron chi connectivity index (χ2n) is 0.247. The maximum absolute atomic E-state index is 4.94. The molecule has 0 N–H and O–H groups in total. The van der Waals surface area contributed by atoms with Crippen molar-refractivity contribution < 1.29 is 0 Å². The molecule has 0 amide bonds. The van der Waals surface area contributed by atoms with Crippen LogP contribution in [0.3, 0.4) is 0 Å². The molecule has 36 valence electrons. The number of hydrogen-bond donors (Lipinski definition) is 0. The fraction of sp³-hybridized carbons (Fsp3) is 0. The summed E-state index contributed by atoms with van der Waals surface area (Å²) in [5.41, 5.74) is 0. The van der Waals surface area contributed by atoms with Gasteiger partial charge in [-0.1, -0.05) is 0 Å². The Hall–Kier alpha value is 2.49. The molecular weight excluding hydrogens is 288 g/mol. The normalized spacial score (nSPS) is 5.50. The van der Waals surface area contributed by atoms with Crippen LogP contribution in [-0.2, 0) is 0 Å². The monoisotopic (exact) mass is 288 g/mol. The predicted molar refractivity (Wildman–Crippen MR) is 36.3 cm³/mol. The first-order valence-corrected chi connectivity index (χ1v) is 10.3.